The summed E-state index contributed by atoms with van der Waals surface area (Å²) in [7, 11) is 0. The van der Waals surface area contributed by atoms with Crippen molar-refractivity contribution in [2.24, 2.45) is 0 Å². The first kappa shape index (κ1) is 11.0. The van der Waals surface area contributed by atoms with Gasteiger partial charge in [-0.25, -0.2) is 0 Å². The van der Waals surface area contributed by atoms with Gasteiger partial charge in [0, 0.05) is 30.1 Å². The van der Waals surface area contributed by atoms with E-state index < -0.39 is 0 Å². The molecule has 0 amide bonds. The van der Waals surface area contributed by atoms with Crippen LogP contribution in [0.15, 0.2) is 54.9 Å². The van der Waals surface area contributed by atoms with Crippen molar-refractivity contribution in [3.05, 3.63) is 66.0 Å². The Morgan fingerprint density at radius 2 is 1.44 bits per heavy atom. The molecular formula is C14H13NS. The van der Waals surface area contributed by atoms with E-state index in [0.717, 1.165) is 17.7 Å². The van der Waals surface area contributed by atoms with Gasteiger partial charge < -0.3 is 0 Å². The maximum atomic E-state index is 5.40. The van der Waals surface area contributed by atoms with E-state index in [9.17, 15) is 0 Å². The second-order valence-corrected chi connectivity index (χ2v) is 4.31. The van der Waals surface area contributed by atoms with E-state index in [2.05, 4.69) is 17.1 Å². The summed E-state index contributed by atoms with van der Waals surface area (Å²) >= 11 is 5.40. The number of thiocarbonyl (C=S) groups is 1. The fraction of sp³-hybridized carbons (Fsp3) is 0.143. The van der Waals surface area contributed by atoms with Crippen molar-refractivity contribution in [3.63, 3.8) is 0 Å². The summed E-state index contributed by atoms with van der Waals surface area (Å²) < 4.78 is 0. The molecule has 1 aromatic heterocycles. The molecule has 2 rings (SSSR count). The van der Waals surface area contributed by atoms with Gasteiger partial charge in [-0.1, -0.05) is 42.5 Å². The number of rotatable bonds is 4. The first-order valence-electron chi connectivity index (χ1n) is 5.29. The van der Waals surface area contributed by atoms with Crippen LogP contribution in [0.2, 0.25) is 0 Å². The molecule has 0 saturated carbocycles. The SMILES string of the molecule is S=C(Cc1ccccc1)Cc1ccncc1. The molecule has 16 heavy (non-hydrogen) atoms. The van der Waals surface area contributed by atoms with Crippen LogP contribution in [0, 0.1) is 0 Å². The molecule has 1 heterocycles. The predicted octanol–water partition coefficient (Wildman–Crippen LogP) is 3.24. The molecule has 0 N–H and O–H groups in total. The number of hydrogen-bond donors (Lipinski definition) is 0. The monoisotopic (exact) mass is 227 g/mol. The van der Waals surface area contributed by atoms with E-state index >= 15 is 0 Å². The zero-order valence-electron chi connectivity index (χ0n) is 8.97. The fourth-order valence-corrected chi connectivity index (χ4v) is 1.95. The lowest BCUT2D eigenvalue weighted by Crippen LogP contribution is -2.03. The molecule has 2 aromatic rings. The molecule has 0 aliphatic heterocycles. The molecule has 0 bridgehead atoms. The predicted molar refractivity (Wildman–Crippen MR) is 70.7 cm³/mol. The quantitative estimate of drug-likeness (QED) is 0.744. The smallest absolute Gasteiger partial charge is 0.0270 e. The van der Waals surface area contributed by atoms with Crippen molar-refractivity contribution >= 4 is 17.1 Å². The van der Waals surface area contributed by atoms with Crippen molar-refractivity contribution < 1.29 is 0 Å². The summed E-state index contributed by atoms with van der Waals surface area (Å²) in [5.41, 5.74) is 2.51. The summed E-state index contributed by atoms with van der Waals surface area (Å²) in [6.45, 7) is 0. The van der Waals surface area contributed by atoms with E-state index in [1.54, 1.807) is 12.4 Å². The zero-order chi connectivity index (χ0) is 11.2. The van der Waals surface area contributed by atoms with Crippen molar-refractivity contribution in [2.45, 2.75) is 12.8 Å². The van der Waals surface area contributed by atoms with Crippen molar-refractivity contribution in [1.29, 1.82) is 0 Å². The Morgan fingerprint density at radius 1 is 0.875 bits per heavy atom. The van der Waals surface area contributed by atoms with Gasteiger partial charge in [-0.05, 0) is 23.3 Å². The number of nitrogens with zero attached hydrogens (tertiary/aromatic N) is 1. The first-order chi connectivity index (χ1) is 7.84. The molecule has 0 aliphatic rings. The molecule has 0 radical (unpaired) electrons. The molecule has 0 atom stereocenters. The Hall–Kier alpha value is -1.54. The van der Waals surface area contributed by atoms with Gasteiger partial charge in [-0.15, -0.1) is 0 Å². The third-order valence-corrected chi connectivity index (χ3v) is 2.68. The Balaban J connectivity index is 1.95. The highest BCUT2D eigenvalue weighted by Gasteiger charge is 2.00. The Kier molecular flexibility index (Phi) is 3.78. The van der Waals surface area contributed by atoms with Crippen LogP contribution in [0.5, 0.6) is 0 Å². The second-order valence-electron chi connectivity index (χ2n) is 3.73. The fourth-order valence-electron chi connectivity index (χ4n) is 1.61. The molecule has 0 saturated heterocycles. The maximum absolute atomic E-state index is 5.40. The first-order valence-corrected chi connectivity index (χ1v) is 5.70. The average Bonchev–Trinajstić information content (AvgIpc) is 2.31. The topological polar surface area (TPSA) is 12.9 Å². The third kappa shape index (κ3) is 3.24. The molecule has 0 fully saturated rings. The maximum Gasteiger partial charge on any atom is 0.0270 e. The van der Waals surface area contributed by atoms with E-state index in [4.69, 9.17) is 12.2 Å². The van der Waals surface area contributed by atoms with Crippen molar-refractivity contribution in [2.75, 3.05) is 0 Å². The molecule has 1 nitrogen and oxygen atoms in total. The minimum atomic E-state index is 0.854. The molecule has 0 spiro atoms. The number of pyridine rings is 1. The van der Waals surface area contributed by atoms with Crippen LogP contribution in [-0.4, -0.2) is 9.85 Å². The highest BCUT2D eigenvalue weighted by atomic mass is 32.1. The normalized spacial score (nSPS) is 10.0. The third-order valence-electron chi connectivity index (χ3n) is 2.39. The van der Waals surface area contributed by atoms with Crippen LogP contribution in [0.25, 0.3) is 0 Å². The highest BCUT2D eigenvalue weighted by Crippen LogP contribution is 2.06. The van der Waals surface area contributed by atoms with E-state index in [-0.39, 0.29) is 0 Å². The summed E-state index contributed by atoms with van der Waals surface area (Å²) in [5, 5.41) is 0. The van der Waals surface area contributed by atoms with Crippen LogP contribution in [0.4, 0.5) is 0 Å². The largest absolute Gasteiger partial charge is 0.265 e. The van der Waals surface area contributed by atoms with Crippen molar-refractivity contribution in [3.8, 4) is 0 Å². The molecule has 1 aromatic carbocycles. The van der Waals surface area contributed by atoms with Gasteiger partial charge in [0.15, 0.2) is 0 Å². The molecule has 80 valence electrons. The number of benzene rings is 1. The summed E-state index contributed by atoms with van der Waals surface area (Å²) in [4.78, 5) is 5.06. The van der Waals surface area contributed by atoms with Gasteiger partial charge in [0.1, 0.15) is 0 Å². The van der Waals surface area contributed by atoms with Crippen LogP contribution < -0.4 is 0 Å². The van der Waals surface area contributed by atoms with Gasteiger partial charge in [0.05, 0.1) is 0 Å². The minimum Gasteiger partial charge on any atom is -0.265 e. The summed E-state index contributed by atoms with van der Waals surface area (Å²) in [6, 6.07) is 14.4. The van der Waals surface area contributed by atoms with E-state index in [0.29, 0.717) is 0 Å². The molecule has 0 unspecified atom stereocenters. The standard InChI is InChI=1S/C14H13NS/c16-14(10-12-4-2-1-3-5-12)11-13-6-8-15-9-7-13/h1-9H,10-11H2. The summed E-state index contributed by atoms with van der Waals surface area (Å²) in [6.07, 6.45) is 5.34. The van der Waals surface area contributed by atoms with Gasteiger partial charge in [-0.2, -0.15) is 0 Å². The van der Waals surface area contributed by atoms with E-state index in [1.165, 1.54) is 11.1 Å². The number of hydrogen-bond acceptors (Lipinski definition) is 2. The number of aromatic nitrogens is 1. The lowest BCUT2D eigenvalue weighted by atomic mass is 10.0. The van der Waals surface area contributed by atoms with Crippen LogP contribution in [0.3, 0.4) is 0 Å². The minimum absolute atomic E-state index is 0.854. The Labute approximate surface area is 101 Å². The molecule has 0 aliphatic carbocycles. The lowest BCUT2D eigenvalue weighted by molar-refractivity contribution is 1.22. The Bertz CT molecular complexity index is 407. The van der Waals surface area contributed by atoms with Crippen LogP contribution in [-0.2, 0) is 12.8 Å². The van der Waals surface area contributed by atoms with Crippen LogP contribution in [0.1, 0.15) is 11.1 Å². The average molecular weight is 227 g/mol. The zero-order valence-corrected chi connectivity index (χ0v) is 9.78. The molecular weight excluding hydrogens is 214 g/mol. The Morgan fingerprint density at radius 3 is 2.06 bits per heavy atom. The molecule has 2 heteroatoms. The van der Waals surface area contributed by atoms with Gasteiger partial charge in [0.2, 0.25) is 0 Å². The van der Waals surface area contributed by atoms with Crippen molar-refractivity contribution in [1.82, 2.24) is 4.98 Å². The van der Waals surface area contributed by atoms with Gasteiger partial charge in [0.25, 0.3) is 0 Å². The highest BCUT2D eigenvalue weighted by molar-refractivity contribution is 7.80. The van der Waals surface area contributed by atoms with Crippen LogP contribution >= 0.6 is 12.2 Å². The second kappa shape index (κ2) is 5.52. The van der Waals surface area contributed by atoms with E-state index in [1.807, 2.05) is 30.3 Å². The van der Waals surface area contributed by atoms with Gasteiger partial charge >= 0.3 is 0 Å². The van der Waals surface area contributed by atoms with Gasteiger partial charge in [-0.3, -0.25) is 4.98 Å². The summed E-state index contributed by atoms with van der Waals surface area (Å²) in [5.74, 6) is 0. The lowest BCUT2D eigenvalue weighted by Gasteiger charge is -2.03.